The van der Waals surface area contributed by atoms with Gasteiger partial charge in [-0.05, 0) is 24.6 Å². The lowest BCUT2D eigenvalue weighted by Gasteiger charge is -2.06. The summed E-state index contributed by atoms with van der Waals surface area (Å²) in [6.07, 6.45) is 2.07. The molecule has 0 saturated carbocycles. The topological polar surface area (TPSA) is 67.5 Å². The standard InChI is InChI=1S/C11H13N3O/c12-11(15)8-3-1-4-9(7-8)14-10-5-2-6-13-10/h1,3-4,7H,2,5-6H2,(H2,12,15)(H,13,14). The summed E-state index contributed by atoms with van der Waals surface area (Å²) in [6, 6.07) is 7.14. The lowest BCUT2D eigenvalue weighted by molar-refractivity contribution is 0.100. The van der Waals surface area contributed by atoms with E-state index < -0.39 is 5.91 Å². The van der Waals surface area contributed by atoms with Crippen LogP contribution < -0.4 is 11.1 Å². The second kappa shape index (κ2) is 4.13. The summed E-state index contributed by atoms with van der Waals surface area (Å²) in [4.78, 5) is 15.2. The minimum absolute atomic E-state index is 0.410. The van der Waals surface area contributed by atoms with Crippen LogP contribution in [0.3, 0.4) is 0 Å². The molecule has 0 spiro atoms. The molecule has 0 fully saturated rings. The van der Waals surface area contributed by atoms with E-state index in [2.05, 4.69) is 10.3 Å². The summed E-state index contributed by atoms with van der Waals surface area (Å²) in [5.74, 6) is 0.573. The van der Waals surface area contributed by atoms with Gasteiger partial charge in [0.05, 0.1) is 0 Å². The molecule has 1 amide bonds. The van der Waals surface area contributed by atoms with Crippen LogP contribution in [0.25, 0.3) is 0 Å². The predicted octanol–water partition coefficient (Wildman–Crippen LogP) is 1.39. The Kier molecular flexibility index (Phi) is 2.67. The van der Waals surface area contributed by atoms with Crippen LogP contribution in [0.2, 0.25) is 0 Å². The fourth-order valence-electron chi connectivity index (χ4n) is 1.56. The number of primary amides is 1. The minimum Gasteiger partial charge on any atom is -0.366 e. The number of carbonyl (C=O) groups excluding carboxylic acids is 1. The first-order chi connectivity index (χ1) is 7.25. The fourth-order valence-corrected chi connectivity index (χ4v) is 1.56. The first-order valence-electron chi connectivity index (χ1n) is 4.96. The van der Waals surface area contributed by atoms with Crippen molar-refractivity contribution in [3.05, 3.63) is 29.8 Å². The number of nitrogens with zero attached hydrogens (tertiary/aromatic N) is 1. The van der Waals surface area contributed by atoms with Crippen molar-refractivity contribution in [1.29, 1.82) is 0 Å². The summed E-state index contributed by atoms with van der Waals surface area (Å²) in [6.45, 7) is 0.887. The second-order valence-corrected chi connectivity index (χ2v) is 3.50. The van der Waals surface area contributed by atoms with Crippen molar-refractivity contribution >= 4 is 17.4 Å². The Bertz CT molecular complexity index is 412. The lowest BCUT2D eigenvalue weighted by atomic mass is 10.2. The average Bonchev–Trinajstić information content (AvgIpc) is 2.71. The van der Waals surface area contributed by atoms with Gasteiger partial charge in [0.25, 0.3) is 0 Å². The maximum absolute atomic E-state index is 11.0. The molecule has 15 heavy (non-hydrogen) atoms. The smallest absolute Gasteiger partial charge is 0.248 e. The molecule has 0 bridgehead atoms. The van der Waals surface area contributed by atoms with Gasteiger partial charge in [-0.25, -0.2) is 0 Å². The monoisotopic (exact) mass is 203 g/mol. The molecule has 1 aromatic rings. The van der Waals surface area contributed by atoms with Gasteiger partial charge in [-0.2, -0.15) is 0 Å². The highest BCUT2D eigenvalue weighted by Crippen LogP contribution is 2.13. The van der Waals surface area contributed by atoms with E-state index >= 15 is 0 Å². The highest BCUT2D eigenvalue weighted by atomic mass is 16.1. The Labute approximate surface area is 88.2 Å². The van der Waals surface area contributed by atoms with E-state index in [0.717, 1.165) is 30.9 Å². The van der Waals surface area contributed by atoms with Crippen molar-refractivity contribution in [2.24, 2.45) is 10.7 Å². The van der Waals surface area contributed by atoms with Gasteiger partial charge < -0.3 is 11.1 Å². The Morgan fingerprint density at radius 2 is 2.33 bits per heavy atom. The Hall–Kier alpha value is -1.84. The Morgan fingerprint density at radius 1 is 1.47 bits per heavy atom. The van der Waals surface area contributed by atoms with Crippen molar-refractivity contribution in [3.8, 4) is 0 Å². The van der Waals surface area contributed by atoms with Crippen molar-refractivity contribution in [1.82, 2.24) is 0 Å². The van der Waals surface area contributed by atoms with Crippen LogP contribution in [-0.2, 0) is 0 Å². The quantitative estimate of drug-likeness (QED) is 0.762. The third kappa shape index (κ3) is 2.34. The van der Waals surface area contributed by atoms with Gasteiger partial charge in [-0.3, -0.25) is 9.79 Å². The normalized spacial score (nSPS) is 14.8. The number of hydrogen-bond donors (Lipinski definition) is 2. The summed E-state index contributed by atoms with van der Waals surface area (Å²) in [5, 5.41) is 3.18. The summed E-state index contributed by atoms with van der Waals surface area (Å²) >= 11 is 0. The molecule has 4 nitrogen and oxygen atoms in total. The van der Waals surface area contributed by atoms with E-state index in [1.54, 1.807) is 18.2 Å². The summed E-state index contributed by atoms with van der Waals surface area (Å²) in [7, 11) is 0. The molecule has 78 valence electrons. The van der Waals surface area contributed by atoms with E-state index in [9.17, 15) is 4.79 Å². The molecule has 4 heteroatoms. The van der Waals surface area contributed by atoms with Gasteiger partial charge in [-0.15, -0.1) is 0 Å². The maximum atomic E-state index is 11.0. The number of hydrogen-bond acceptors (Lipinski definition) is 3. The van der Waals surface area contributed by atoms with Crippen LogP contribution in [0.5, 0.6) is 0 Å². The van der Waals surface area contributed by atoms with E-state index in [1.807, 2.05) is 6.07 Å². The molecule has 1 heterocycles. The van der Waals surface area contributed by atoms with Crippen molar-refractivity contribution < 1.29 is 4.79 Å². The average molecular weight is 203 g/mol. The number of nitrogens with two attached hydrogens (primary N) is 1. The van der Waals surface area contributed by atoms with Crippen LogP contribution in [-0.4, -0.2) is 18.3 Å². The first kappa shape index (κ1) is 9.71. The number of anilines is 1. The van der Waals surface area contributed by atoms with Gasteiger partial charge in [0.2, 0.25) is 5.91 Å². The molecule has 0 aliphatic carbocycles. The van der Waals surface area contributed by atoms with E-state index in [1.165, 1.54) is 0 Å². The zero-order valence-corrected chi connectivity index (χ0v) is 8.36. The molecular weight excluding hydrogens is 190 g/mol. The maximum Gasteiger partial charge on any atom is 0.248 e. The summed E-state index contributed by atoms with van der Waals surface area (Å²) < 4.78 is 0. The second-order valence-electron chi connectivity index (χ2n) is 3.50. The minimum atomic E-state index is -0.410. The van der Waals surface area contributed by atoms with Gasteiger partial charge in [0.1, 0.15) is 5.84 Å². The molecule has 0 saturated heterocycles. The number of amides is 1. The van der Waals surface area contributed by atoms with E-state index in [0.29, 0.717) is 5.56 Å². The molecular formula is C11H13N3O. The Morgan fingerprint density at radius 3 is 3.00 bits per heavy atom. The first-order valence-corrected chi connectivity index (χ1v) is 4.96. The number of rotatable bonds is 2. The third-order valence-electron chi connectivity index (χ3n) is 2.31. The molecule has 3 N–H and O–H groups in total. The zero-order chi connectivity index (χ0) is 10.7. The van der Waals surface area contributed by atoms with Crippen LogP contribution >= 0.6 is 0 Å². The van der Waals surface area contributed by atoms with Gasteiger partial charge in [0, 0.05) is 24.2 Å². The van der Waals surface area contributed by atoms with Crippen molar-refractivity contribution in [3.63, 3.8) is 0 Å². The Balaban J connectivity index is 2.14. The number of aliphatic imine (C=N–C) groups is 1. The largest absolute Gasteiger partial charge is 0.366 e. The van der Waals surface area contributed by atoms with Crippen LogP contribution in [0.1, 0.15) is 23.2 Å². The molecule has 0 radical (unpaired) electrons. The lowest BCUT2D eigenvalue weighted by Crippen LogP contribution is -2.12. The molecule has 1 aromatic carbocycles. The van der Waals surface area contributed by atoms with Crippen molar-refractivity contribution in [2.75, 3.05) is 11.9 Å². The zero-order valence-electron chi connectivity index (χ0n) is 8.36. The summed E-state index contributed by atoms with van der Waals surface area (Å²) in [5.41, 5.74) is 6.57. The number of amidine groups is 1. The van der Waals surface area contributed by atoms with Gasteiger partial charge in [-0.1, -0.05) is 6.07 Å². The SMILES string of the molecule is NC(=O)c1cccc(NC2=NCCC2)c1. The van der Waals surface area contributed by atoms with Gasteiger partial charge in [0.15, 0.2) is 0 Å². The fraction of sp³-hybridized carbons (Fsp3) is 0.273. The third-order valence-corrected chi connectivity index (χ3v) is 2.31. The van der Waals surface area contributed by atoms with Crippen molar-refractivity contribution in [2.45, 2.75) is 12.8 Å². The highest BCUT2D eigenvalue weighted by molar-refractivity contribution is 5.98. The number of nitrogens with one attached hydrogen (secondary N) is 1. The van der Waals surface area contributed by atoms with Crippen LogP contribution in [0.4, 0.5) is 5.69 Å². The van der Waals surface area contributed by atoms with Crippen LogP contribution in [0, 0.1) is 0 Å². The predicted molar refractivity (Wildman–Crippen MR) is 60.1 cm³/mol. The van der Waals surface area contributed by atoms with Gasteiger partial charge >= 0.3 is 0 Å². The molecule has 1 aliphatic rings. The highest BCUT2D eigenvalue weighted by Gasteiger charge is 2.07. The van der Waals surface area contributed by atoms with E-state index in [-0.39, 0.29) is 0 Å². The molecule has 1 aliphatic heterocycles. The number of carbonyl (C=O) groups is 1. The molecule has 0 aromatic heterocycles. The number of benzene rings is 1. The molecule has 0 atom stereocenters. The van der Waals surface area contributed by atoms with E-state index in [4.69, 9.17) is 5.73 Å². The molecule has 2 rings (SSSR count). The van der Waals surface area contributed by atoms with Crippen LogP contribution in [0.15, 0.2) is 29.3 Å². The molecule has 0 unspecified atom stereocenters.